The van der Waals surface area contributed by atoms with Crippen LogP contribution in [0.25, 0.3) is 0 Å². The average molecular weight is 284 g/mol. The van der Waals surface area contributed by atoms with E-state index in [0.29, 0.717) is 6.61 Å². The summed E-state index contributed by atoms with van der Waals surface area (Å²) < 4.78 is 19.5. The van der Waals surface area contributed by atoms with Crippen LogP contribution >= 0.6 is 7.14 Å². The lowest BCUT2D eigenvalue weighted by atomic mass is 10.4. The zero-order valence-electron chi connectivity index (χ0n) is 11.5. The third kappa shape index (κ3) is 2.10. The number of ether oxygens (including phenoxy) is 1. The van der Waals surface area contributed by atoms with Crippen LogP contribution in [0.2, 0.25) is 0 Å². The topological polar surface area (TPSA) is 26.3 Å². The quantitative estimate of drug-likeness (QED) is 0.804. The van der Waals surface area contributed by atoms with Crippen molar-refractivity contribution in [1.29, 1.82) is 0 Å². The van der Waals surface area contributed by atoms with Gasteiger partial charge in [0.15, 0.2) is 7.14 Å². The highest BCUT2D eigenvalue weighted by Gasteiger charge is 2.35. The Morgan fingerprint density at radius 3 is 1.80 bits per heavy atom. The molecular weight excluding hydrogens is 267 g/mol. The Labute approximate surface area is 119 Å². The van der Waals surface area contributed by atoms with Crippen molar-refractivity contribution in [2.45, 2.75) is 13.3 Å². The van der Waals surface area contributed by atoms with Crippen LogP contribution < -0.4 is 10.6 Å². The van der Waals surface area contributed by atoms with Crippen LogP contribution in [0.3, 0.4) is 0 Å². The highest BCUT2D eigenvalue weighted by molar-refractivity contribution is 7.82. The molecule has 0 amide bonds. The van der Waals surface area contributed by atoms with Gasteiger partial charge >= 0.3 is 0 Å². The average Bonchev–Trinajstić information content (AvgIpc) is 2.95. The first kappa shape index (κ1) is 13.2. The van der Waals surface area contributed by atoms with Gasteiger partial charge in [-0.3, -0.25) is 0 Å². The maximum absolute atomic E-state index is 13.9. The molecule has 0 saturated heterocycles. The van der Waals surface area contributed by atoms with Crippen LogP contribution in [0.15, 0.2) is 71.7 Å². The summed E-state index contributed by atoms with van der Waals surface area (Å²) in [7, 11) is -2.77. The molecule has 0 unspecified atom stereocenters. The second-order valence-corrected chi connectivity index (χ2v) is 7.67. The van der Waals surface area contributed by atoms with E-state index in [0.717, 1.165) is 28.1 Å². The fraction of sp³-hybridized carbons (Fsp3) is 0.176. The fourth-order valence-electron chi connectivity index (χ4n) is 2.68. The van der Waals surface area contributed by atoms with Gasteiger partial charge in [0.05, 0.1) is 6.61 Å². The molecule has 2 aromatic carbocycles. The van der Waals surface area contributed by atoms with Crippen LogP contribution in [0.4, 0.5) is 0 Å². The standard InChI is InChI=1S/C17H17O2P/c1-14-17(12-13-19-14)20(18,15-8-4-2-5-9-15)16-10-6-3-7-11-16/h2-11H,12-13H2,1H3. The Balaban J connectivity index is 2.24. The number of allylic oxidation sites excluding steroid dienone is 1. The number of hydrogen-bond acceptors (Lipinski definition) is 2. The largest absolute Gasteiger partial charge is 0.497 e. The first-order valence-corrected chi connectivity index (χ1v) is 8.48. The Morgan fingerprint density at radius 2 is 1.40 bits per heavy atom. The smallest absolute Gasteiger partial charge is 0.170 e. The first-order chi connectivity index (χ1) is 9.73. The van der Waals surface area contributed by atoms with Crippen molar-refractivity contribution in [2.75, 3.05) is 6.61 Å². The van der Waals surface area contributed by atoms with Gasteiger partial charge in [-0.1, -0.05) is 60.7 Å². The lowest BCUT2D eigenvalue weighted by molar-refractivity contribution is 0.246. The van der Waals surface area contributed by atoms with E-state index in [1.807, 2.05) is 67.6 Å². The second-order valence-electron chi connectivity index (χ2n) is 4.88. The van der Waals surface area contributed by atoms with Crippen molar-refractivity contribution >= 4 is 17.8 Å². The Hall–Kier alpha value is -1.79. The molecule has 3 heteroatoms. The number of rotatable bonds is 3. The predicted octanol–water partition coefficient (Wildman–Crippen LogP) is 3.65. The van der Waals surface area contributed by atoms with Crippen LogP contribution in [0.1, 0.15) is 13.3 Å². The van der Waals surface area contributed by atoms with Gasteiger partial charge in [0.1, 0.15) is 5.76 Å². The van der Waals surface area contributed by atoms with E-state index in [1.165, 1.54) is 0 Å². The maximum Gasteiger partial charge on any atom is 0.170 e. The van der Waals surface area contributed by atoms with E-state index in [2.05, 4.69) is 0 Å². The Bertz CT molecular complexity index is 631. The Morgan fingerprint density at radius 1 is 0.900 bits per heavy atom. The fourth-order valence-corrected chi connectivity index (χ4v) is 5.70. The van der Waals surface area contributed by atoms with Crippen molar-refractivity contribution in [3.05, 3.63) is 71.7 Å². The summed E-state index contributed by atoms with van der Waals surface area (Å²) in [6, 6.07) is 19.5. The first-order valence-electron chi connectivity index (χ1n) is 6.77. The summed E-state index contributed by atoms with van der Waals surface area (Å²) in [5.41, 5.74) is 0. The van der Waals surface area contributed by atoms with Crippen LogP contribution in [-0.2, 0) is 9.30 Å². The summed E-state index contributed by atoms with van der Waals surface area (Å²) in [6.07, 6.45) is 0.743. The third-order valence-corrected chi connectivity index (χ3v) is 7.03. The van der Waals surface area contributed by atoms with E-state index in [-0.39, 0.29) is 0 Å². The molecule has 20 heavy (non-hydrogen) atoms. The molecule has 2 nitrogen and oxygen atoms in total. The molecule has 0 atom stereocenters. The van der Waals surface area contributed by atoms with Crippen LogP contribution in [-0.4, -0.2) is 6.61 Å². The minimum Gasteiger partial charge on any atom is -0.497 e. The van der Waals surface area contributed by atoms with Crippen molar-refractivity contribution in [2.24, 2.45) is 0 Å². The summed E-state index contributed by atoms with van der Waals surface area (Å²) in [5.74, 6) is 0.820. The molecule has 0 aliphatic carbocycles. The van der Waals surface area contributed by atoms with E-state index < -0.39 is 7.14 Å². The molecule has 2 aromatic rings. The van der Waals surface area contributed by atoms with E-state index in [9.17, 15) is 4.57 Å². The maximum atomic E-state index is 13.9. The van der Waals surface area contributed by atoms with Gasteiger partial charge in [-0.25, -0.2) is 0 Å². The van der Waals surface area contributed by atoms with E-state index >= 15 is 0 Å². The van der Waals surface area contributed by atoms with Gasteiger partial charge in [0.25, 0.3) is 0 Å². The highest BCUT2D eigenvalue weighted by atomic mass is 31.2. The SMILES string of the molecule is CC1=C(P(=O)(c2ccccc2)c2ccccc2)CCO1. The summed E-state index contributed by atoms with van der Waals surface area (Å²) in [6.45, 7) is 2.55. The molecular formula is C17H17O2P. The minimum absolute atomic E-state index is 0.630. The predicted molar refractivity (Wildman–Crippen MR) is 83.0 cm³/mol. The van der Waals surface area contributed by atoms with Gasteiger partial charge < -0.3 is 9.30 Å². The van der Waals surface area contributed by atoms with Crippen LogP contribution in [0.5, 0.6) is 0 Å². The van der Waals surface area contributed by atoms with E-state index in [1.54, 1.807) is 0 Å². The van der Waals surface area contributed by atoms with Gasteiger partial charge in [-0.05, 0) is 6.92 Å². The van der Waals surface area contributed by atoms with Crippen LogP contribution in [0, 0.1) is 0 Å². The number of hydrogen-bond donors (Lipinski definition) is 0. The second kappa shape index (κ2) is 5.30. The molecule has 3 rings (SSSR count). The normalized spacial score (nSPS) is 15.2. The van der Waals surface area contributed by atoms with Crippen molar-refractivity contribution < 1.29 is 9.30 Å². The molecule has 0 N–H and O–H groups in total. The molecule has 1 aliphatic heterocycles. The van der Waals surface area contributed by atoms with Crippen molar-refractivity contribution in [1.82, 2.24) is 0 Å². The monoisotopic (exact) mass is 284 g/mol. The summed E-state index contributed by atoms with van der Waals surface area (Å²) in [4.78, 5) is 0. The molecule has 102 valence electrons. The molecule has 0 bridgehead atoms. The Kier molecular flexibility index (Phi) is 3.50. The third-order valence-electron chi connectivity index (χ3n) is 3.68. The van der Waals surface area contributed by atoms with Crippen molar-refractivity contribution in [3.63, 3.8) is 0 Å². The molecule has 0 spiro atoms. The molecule has 0 saturated carbocycles. The molecule has 0 aromatic heterocycles. The number of benzene rings is 2. The summed E-state index contributed by atoms with van der Waals surface area (Å²) in [5, 5.41) is 2.71. The highest BCUT2D eigenvalue weighted by Crippen LogP contribution is 2.56. The molecule has 1 aliphatic rings. The molecule has 0 radical (unpaired) electrons. The zero-order chi connectivity index (χ0) is 14.0. The van der Waals surface area contributed by atoms with Gasteiger partial charge in [0, 0.05) is 22.3 Å². The van der Waals surface area contributed by atoms with Gasteiger partial charge in [-0.2, -0.15) is 0 Å². The van der Waals surface area contributed by atoms with Gasteiger partial charge in [-0.15, -0.1) is 0 Å². The molecule has 0 fully saturated rings. The van der Waals surface area contributed by atoms with Crippen molar-refractivity contribution in [3.8, 4) is 0 Å². The zero-order valence-corrected chi connectivity index (χ0v) is 12.3. The lowest BCUT2D eigenvalue weighted by Gasteiger charge is -2.20. The van der Waals surface area contributed by atoms with E-state index in [4.69, 9.17) is 4.74 Å². The lowest BCUT2D eigenvalue weighted by Crippen LogP contribution is -2.17. The summed E-state index contributed by atoms with van der Waals surface area (Å²) >= 11 is 0. The van der Waals surface area contributed by atoms with Gasteiger partial charge in [0.2, 0.25) is 0 Å². The molecule has 1 heterocycles. The minimum atomic E-state index is -2.77.